The Kier molecular flexibility index (Phi) is 4.36. The van der Waals surface area contributed by atoms with E-state index in [4.69, 9.17) is 0 Å². The molecule has 1 aromatic heterocycles. The third-order valence-corrected chi connectivity index (χ3v) is 5.06. The minimum atomic E-state index is -0.0511. The number of fused-ring (bicyclic) bond motifs is 1. The number of carbonyl (C=O) groups is 1. The van der Waals surface area contributed by atoms with Crippen LogP contribution in [0.15, 0.2) is 41.8 Å². The number of carbonyl (C=O) groups excluding carboxylic acids is 1. The molecular formula is C17H20N2OS. The minimum Gasteiger partial charge on any atom is -0.358 e. The number of nitrogens with one attached hydrogen (secondary N) is 1. The van der Waals surface area contributed by atoms with E-state index in [1.54, 1.807) is 18.4 Å². The van der Waals surface area contributed by atoms with Crippen molar-refractivity contribution in [1.29, 1.82) is 0 Å². The lowest BCUT2D eigenvalue weighted by Crippen LogP contribution is -2.50. The van der Waals surface area contributed by atoms with Gasteiger partial charge in [0.05, 0.1) is 6.04 Å². The first-order chi connectivity index (χ1) is 10.3. The molecule has 1 aromatic carbocycles. The number of nitrogens with zero attached hydrogens (tertiary/aromatic N) is 1. The van der Waals surface area contributed by atoms with E-state index in [1.807, 2.05) is 0 Å². The summed E-state index contributed by atoms with van der Waals surface area (Å²) < 4.78 is 0. The molecule has 0 radical (unpaired) electrons. The average molecular weight is 300 g/mol. The van der Waals surface area contributed by atoms with Crippen molar-refractivity contribution in [1.82, 2.24) is 10.2 Å². The van der Waals surface area contributed by atoms with Crippen LogP contribution in [-0.2, 0) is 24.2 Å². The molecule has 4 heteroatoms. The summed E-state index contributed by atoms with van der Waals surface area (Å²) in [4.78, 5) is 15.9. The van der Waals surface area contributed by atoms with Crippen molar-refractivity contribution in [3.05, 3.63) is 57.8 Å². The molecule has 1 aliphatic rings. The molecular weight excluding hydrogens is 280 g/mol. The molecule has 0 saturated heterocycles. The van der Waals surface area contributed by atoms with Crippen LogP contribution in [0.5, 0.6) is 0 Å². The zero-order chi connectivity index (χ0) is 14.7. The first-order valence-electron chi connectivity index (χ1n) is 7.32. The lowest BCUT2D eigenvalue weighted by Gasteiger charge is -2.35. The molecule has 0 fully saturated rings. The van der Waals surface area contributed by atoms with E-state index in [1.165, 1.54) is 16.0 Å². The number of thiophene rings is 1. The SMILES string of the molecule is CNC(=O)[C@@H]1Cc2ccccc2CN1CCc1cccs1. The fourth-order valence-corrected chi connectivity index (χ4v) is 3.64. The van der Waals surface area contributed by atoms with Gasteiger partial charge in [0.25, 0.3) is 0 Å². The average Bonchev–Trinajstić information content (AvgIpc) is 3.04. The van der Waals surface area contributed by atoms with Crippen LogP contribution in [0.1, 0.15) is 16.0 Å². The number of amides is 1. The number of benzene rings is 1. The Bertz CT molecular complexity index is 609. The van der Waals surface area contributed by atoms with Gasteiger partial charge in [-0.25, -0.2) is 0 Å². The zero-order valence-corrected chi connectivity index (χ0v) is 13.0. The van der Waals surface area contributed by atoms with Gasteiger partial charge >= 0.3 is 0 Å². The van der Waals surface area contributed by atoms with Crippen molar-refractivity contribution in [2.45, 2.75) is 25.4 Å². The van der Waals surface area contributed by atoms with Crippen LogP contribution in [0.3, 0.4) is 0 Å². The predicted molar refractivity (Wildman–Crippen MR) is 86.4 cm³/mol. The van der Waals surface area contributed by atoms with Crippen LogP contribution in [-0.4, -0.2) is 30.4 Å². The van der Waals surface area contributed by atoms with Crippen LogP contribution in [0, 0.1) is 0 Å². The van der Waals surface area contributed by atoms with Gasteiger partial charge in [0.2, 0.25) is 5.91 Å². The second-order valence-electron chi connectivity index (χ2n) is 5.40. The molecule has 1 N–H and O–H groups in total. The smallest absolute Gasteiger partial charge is 0.237 e. The lowest BCUT2D eigenvalue weighted by molar-refractivity contribution is -0.126. The highest BCUT2D eigenvalue weighted by atomic mass is 32.1. The number of likely N-dealkylation sites (N-methyl/N-ethyl adjacent to an activating group) is 1. The van der Waals surface area contributed by atoms with E-state index in [0.717, 1.165) is 25.9 Å². The van der Waals surface area contributed by atoms with Crippen LogP contribution < -0.4 is 5.32 Å². The topological polar surface area (TPSA) is 32.3 Å². The van der Waals surface area contributed by atoms with E-state index in [9.17, 15) is 4.79 Å². The van der Waals surface area contributed by atoms with E-state index in [0.29, 0.717) is 0 Å². The molecule has 1 amide bonds. The first kappa shape index (κ1) is 14.3. The Morgan fingerprint density at radius 3 is 2.81 bits per heavy atom. The molecule has 21 heavy (non-hydrogen) atoms. The third kappa shape index (κ3) is 3.17. The maximum absolute atomic E-state index is 12.2. The quantitative estimate of drug-likeness (QED) is 0.941. The molecule has 0 aliphatic carbocycles. The highest BCUT2D eigenvalue weighted by molar-refractivity contribution is 7.09. The highest BCUT2D eigenvalue weighted by Crippen LogP contribution is 2.24. The van der Waals surface area contributed by atoms with Gasteiger partial charge in [0.1, 0.15) is 0 Å². The molecule has 0 bridgehead atoms. The zero-order valence-electron chi connectivity index (χ0n) is 12.2. The molecule has 110 valence electrons. The van der Waals surface area contributed by atoms with Gasteiger partial charge in [-0.2, -0.15) is 0 Å². The number of hydrogen-bond acceptors (Lipinski definition) is 3. The van der Waals surface area contributed by atoms with Crippen molar-refractivity contribution in [2.75, 3.05) is 13.6 Å². The Morgan fingerprint density at radius 2 is 2.10 bits per heavy atom. The van der Waals surface area contributed by atoms with Crippen LogP contribution in [0.2, 0.25) is 0 Å². The number of rotatable bonds is 4. The van der Waals surface area contributed by atoms with Gasteiger partial charge in [0, 0.05) is 25.0 Å². The van der Waals surface area contributed by atoms with E-state index >= 15 is 0 Å². The normalized spacial score (nSPS) is 18.2. The molecule has 1 aliphatic heterocycles. The highest BCUT2D eigenvalue weighted by Gasteiger charge is 2.30. The largest absolute Gasteiger partial charge is 0.358 e. The van der Waals surface area contributed by atoms with Gasteiger partial charge in [0.15, 0.2) is 0 Å². The van der Waals surface area contributed by atoms with Crippen molar-refractivity contribution >= 4 is 17.2 Å². The fourth-order valence-electron chi connectivity index (χ4n) is 2.95. The van der Waals surface area contributed by atoms with Crippen LogP contribution in [0.25, 0.3) is 0 Å². The van der Waals surface area contributed by atoms with E-state index < -0.39 is 0 Å². The molecule has 0 spiro atoms. The Labute approximate surface area is 129 Å². The minimum absolute atomic E-state index is 0.0511. The van der Waals surface area contributed by atoms with Crippen molar-refractivity contribution in [3.63, 3.8) is 0 Å². The summed E-state index contributed by atoms with van der Waals surface area (Å²) in [7, 11) is 1.72. The maximum atomic E-state index is 12.2. The number of hydrogen-bond donors (Lipinski definition) is 1. The maximum Gasteiger partial charge on any atom is 0.237 e. The van der Waals surface area contributed by atoms with E-state index in [-0.39, 0.29) is 11.9 Å². The summed E-state index contributed by atoms with van der Waals surface area (Å²) >= 11 is 1.79. The predicted octanol–water partition coefficient (Wildman–Crippen LogP) is 2.46. The molecule has 0 saturated carbocycles. The standard InChI is InChI=1S/C17H20N2OS/c1-18-17(20)16-11-13-5-2-3-6-14(13)12-19(16)9-8-15-7-4-10-21-15/h2-7,10,16H,8-9,11-12H2,1H3,(H,18,20)/t16-/m0/s1. The second-order valence-corrected chi connectivity index (χ2v) is 6.43. The van der Waals surface area contributed by atoms with Gasteiger partial charge in [-0.05, 0) is 35.4 Å². The van der Waals surface area contributed by atoms with Crippen LogP contribution in [0.4, 0.5) is 0 Å². The van der Waals surface area contributed by atoms with Crippen molar-refractivity contribution < 1.29 is 4.79 Å². The third-order valence-electron chi connectivity index (χ3n) is 4.12. The summed E-state index contributed by atoms with van der Waals surface area (Å²) in [5.41, 5.74) is 2.65. The van der Waals surface area contributed by atoms with Gasteiger partial charge < -0.3 is 5.32 Å². The molecule has 2 aromatic rings. The Morgan fingerprint density at radius 1 is 1.29 bits per heavy atom. The van der Waals surface area contributed by atoms with Crippen molar-refractivity contribution in [2.24, 2.45) is 0 Å². The summed E-state index contributed by atoms with van der Waals surface area (Å²) in [6.07, 6.45) is 1.81. The summed E-state index contributed by atoms with van der Waals surface area (Å²) in [6, 6.07) is 12.6. The van der Waals surface area contributed by atoms with Crippen LogP contribution >= 0.6 is 11.3 Å². The Balaban J connectivity index is 1.77. The second kappa shape index (κ2) is 6.41. The van der Waals surface area contributed by atoms with E-state index in [2.05, 4.69) is 52.0 Å². The molecule has 3 nitrogen and oxygen atoms in total. The monoisotopic (exact) mass is 300 g/mol. The lowest BCUT2D eigenvalue weighted by atomic mass is 9.93. The van der Waals surface area contributed by atoms with Gasteiger partial charge in [-0.3, -0.25) is 9.69 Å². The summed E-state index contributed by atoms with van der Waals surface area (Å²) in [6.45, 7) is 1.78. The molecule has 3 rings (SSSR count). The summed E-state index contributed by atoms with van der Waals surface area (Å²) in [5, 5.41) is 4.92. The van der Waals surface area contributed by atoms with Crippen molar-refractivity contribution in [3.8, 4) is 0 Å². The first-order valence-corrected chi connectivity index (χ1v) is 8.20. The molecule has 2 heterocycles. The van der Waals surface area contributed by atoms with Gasteiger partial charge in [-0.1, -0.05) is 30.3 Å². The molecule has 1 atom stereocenters. The van der Waals surface area contributed by atoms with Gasteiger partial charge in [-0.15, -0.1) is 11.3 Å². The molecule has 0 unspecified atom stereocenters. The Hall–Kier alpha value is -1.65. The summed E-state index contributed by atoms with van der Waals surface area (Å²) in [5.74, 6) is 0.121. The fraction of sp³-hybridized carbons (Fsp3) is 0.353.